The van der Waals surface area contributed by atoms with Crippen LogP contribution in [0.1, 0.15) is 26.2 Å². The molecule has 7 heteroatoms. The van der Waals surface area contributed by atoms with Crippen molar-refractivity contribution in [2.24, 2.45) is 0 Å². The monoisotopic (exact) mass is 288 g/mol. The average molecular weight is 288 g/mol. The van der Waals surface area contributed by atoms with Gasteiger partial charge in [-0.05, 0) is 38.4 Å². The van der Waals surface area contributed by atoms with Gasteiger partial charge in [0.2, 0.25) is 10.0 Å². The van der Waals surface area contributed by atoms with Gasteiger partial charge >= 0.3 is 0 Å². The Bertz CT molecular complexity index is 417. The Balaban J connectivity index is 2.06. The second-order valence-corrected chi connectivity index (χ2v) is 6.37. The Labute approximate surface area is 115 Å². The molecule has 0 atom stereocenters. The lowest BCUT2D eigenvalue weighted by molar-refractivity contribution is 0.550. The highest BCUT2D eigenvalue weighted by atomic mass is 32.2. The van der Waals surface area contributed by atoms with Crippen LogP contribution in [0.5, 0.6) is 0 Å². The minimum Gasteiger partial charge on any atom is -0.317 e. The van der Waals surface area contributed by atoms with E-state index in [9.17, 15) is 8.42 Å². The number of nitrogens with one attached hydrogen (secondary N) is 2. The van der Waals surface area contributed by atoms with Crippen LogP contribution in [0.25, 0.3) is 0 Å². The normalized spacial score (nSPS) is 11.8. The zero-order valence-corrected chi connectivity index (χ0v) is 12.3. The Morgan fingerprint density at radius 2 is 2.05 bits per heavy atom. The summed E-state index contributed by atoms with van der Waals surface area (Å²) < 4.78 is 27.7. The van der Waals surface area contributed by atoms with E-state index in [1.54, 1.807) is 10.9 Å². The number of aromatic nitrogens is 2. The fraction of sp³-hybridized carbons (Fsp3) is 0.750. The molecular formula is C12H24N4O2S. The zero-order valence-electron chi connectivity index (χ0n) is 11.5. The Hall–Kier alpha value is -0.920. The first-order chi connectivity index (χ1) is 9.14. The Morgan fingerprint density at radius 3 is 2.74 bits per heavy atom. The summed E-state index contributed by atoms with van der Waals surface area (Å²) in [5, 5.41) is 7.25. The van der Waals surface area contributed by atoms with Crippen molar-refractivity contribution in [2.45, 2.75) is 32.7 Å². The SMILES string of the molecule is CCCNCCCS(=O)(=O)NCCCn1cccn1. The molecule has 0 aliphatic carbocycles. The number of sulfonamides is 1. The molecule has 0 unspecified atom stereocenters. The molecule has 6 nitrogen and oxygen atoms in total. The maximum Gasteiger partial charge on any atom is 0.211 e. The summed E-state index contributed by atoms with van der Waals surface area (Å²) in [5.41, 5.74) is 0. The highest BCUT2D eigenvalue weighted by molar-refractivity contribution is 7.89. The number of aryl methyl sites for hydroxylation is 1. The van der Waals surface area contributed by atoms with Crippen molar-refractivity contribution in [1.82, 2.24) is 19.8 Å². The van der Waals surface area contributed by atoms with Gasteiger partial charge in [-0.25, -0.2) is 13.1 Å². The summed E-state index contributed by atoms with van der Waals surface area (Å²) in [5.74, 6) is 0.186. The van der Waals surface area contributed by atoms with Crippen LogP contribution in [-0.4, -0.2) is 43.6 Å². The zero-order chi connectivity index (χ0) is 14.0. The van der Waals surface area contributed by atoms with Crippen LogP contribution in [0.2, 0.25) is 0 Å². The first kappa shape index (κ1) is 16.1. The molecule has 0 aliphatic heterocycles. The topological polar surface area (TPSA) is 76.0 Å². The second-order valence-electron chi connectivity index (χ2n) is 4.44. The summed E-state index contributed by atoms with van der Waals surface area (Å²) in [7, 11) is -3.13. The van der Waals surface area contributed by atoms with Gasteiger partial charge in [-0.1, -0.05) is 6.92 Å². The molecule has 0 saturated carbocycles. The van der Waals surface area contributed by atoms with Crippen LogP contribution in [0.15, 0.2) is 18.5 Å². The van der Waals surface area contributed by atoms with E-state index in [0.717, 1.165) is 32.5 Å². The number of rotatable bonds is 11. The molecule has 0 aliphatic rings. The van der Waals surface area contributed by atoms with E-state index in [0.29, 0.717) is 13.0 Å². The third-order valence-electron chi connectivity index (χ3n) is 2.64. The van der Waals surface area contributed by atoms with Gasteiger partial charge in [0.1, 0.15) is 0 Å². The van der Waals surface area contributed by atoms with Gasteiger partial charge in [0, 0.05) is 25.5 Å². The minimum atomic E-state index is -3.13. The molecule has 1 rings (SSSR count). The fourth-order valence-corrected chi connectivity index (χ4v) is 2.79. The molecule has 0 saturated heterocycles. The molecule has 1 heterocycles. The highest BCUT2D eigenvalue weighted by Crippen LogP contribution is 1.92. The van der Waals surface area contributed by atoms with E-state index in [1.165, 1.54) is 0 Å². The highest BCUT2D eigenvalue weighted by Gasteiger charge is 2.08. The fourth-order valence-electron chi connectivity index (χ4n) is 1.66. The summed E-state index contributed by atoms with van der Waals surface area (Å²) >= 11 is 0. The lowest BCUT2D eigenvalue weighted by Gasteiger charge is -2.07. The maximum atomic E-state index is 11.7. The van der Waals surface area contributed by atoms with Crippen LogP contribution in [0, 0.1) is 0 Å². The van der Waals surface area contributed by atoms with Gasteiger partial charge in [-0.2, -0.15) is 5.10 Å². The first-order valence-electron chi connectivity index (χ1n) is 6.79. The quantitative estimate of drug-likeness (QED) is 0.584. The van der Waals surface area contributed by atoms with Gasteiger partial charge < -0.3 is 5.32 Å². The smallest absolute Gasteiger partial charge is 0.211 e. The molecule has 110 valence electrons. The van der Waals surface area contributed by atoms with E-state index < -0.39 is 10.0 Å². The van der Waals surface area contributed by atoms with E-state index in [-0.39, 0.29) is 5.75 Å². The number of hydrogen-bond acceptors (Lipinski definition) is 4. The van der Waals surface area contributed by atoms with E-state index in [1.807, 2.05) is 12.3 Å². The van der Waals surface area contributed by atoms with E-state index >= 15 is 0 Å². The second kappa shape index (κ2) is 9.06. The van der Waals surface area contributed by atoms with Gasteiger partial charge in [0.15, 0.2) is 0 Å². The Morgan fingerprint density at radius 1 is 1.21 bits per heavy atom. The molecule has 0 radical (unpaired) electrons. The van der Waals surface area contributed by atoms with Crippen molar-refractivity contribution < 1.29 is 8.42 Å². The van der Waals surface area contributed by atoms with Crippen molar-refractivity contribution in [3.8, 4) is 0 Å². The lowest BCUT2D eigenvalue weighted by Crippen LogP contribution is -2.29. The van der Waals surface area contributed by atoms with Crippen molar-refractivity contribution in [1.29, 1.82) is 0 Å². The standard InChI is InChI=1S/C12H24N4O2S/c1-2-6-13-7-5-12-19(17,18)15-9-4-11-16-10-3-8-14-16/h3,8,10,13,15H,2,4-7,9,11-12H2,1H3. The molecule has 0 spiro atoms. The number of hydrogen-bond donors (Lipinski definition) is 2. The van der Waals surface area contributed by atoms with Crippen molar-refractivity contribution in [3.63, 3.8) is 0 Å². The molecule has 2 N–H and O–H groups in total. The summed E-state index contributed by atoms with van der Waals surface area (Å²) in [4.78, 5) is 0. The van der Waals surface area contributed by atoms with Crippen molar-refractivity contribution >= 4 is 10.0 Å². The van der Waals surface area contributed by atoms with Crippen LogP contribution in [0.3, 0.4) is 0 Å². The van der Waals surface area contributed by atoms with Crippen LogP contribution >= 0.6 is 0 Å². The largest absolute Gasteiger partial charge is 0.317 e. The van der Waals surface area contributed by atoms with Gasteiger partial charge in [0.25, 0.3) is 0 Å². The van der Waals surface area contributed by atoms with Crippen LogP contribution < -0.4 is 10.0 Å². The van der Waals surface area contributed by atoms with Crippen molar-refractivity contribution in [3.05, 3.63) is 18.5 Å². The maximum absolute atomic E-state index is 11.7. The summed E-state index contributed by atoms with van der Waals surface area (Å²) in [6.07, 6.45) is 6.04. The van der Waals surface area contributed by atoms with Crippen LogP contribution in [0.4, 0.5) is 0 Å². The molecular weight excluding hydrogens is 264 g/mol. The van der Waals surface area contributed by atoms with Crippen LogP contribution in [-0.2, 0) is 16.6 Å². The van der Waals surface area contributed by atoms with E-state index in [4.69, 9.17) is 0 Å². The minimum absolute atomic E-state index is 0.186. The summed E-state index contributed by atoms with van der Waals surface area (Å²) in [6.45, 7) is 4.97. The number of nitrogens with zero attached hydrogens (tertiary/aromatic N) is 2. The predicted molar refractivity (Wildman–Crippen MR) is 76.4 cm³/mol. The Kier molecular flexibility index (Phi) is 7.69. The summed E-state index contributed by atoms with van der Waals surface area (Å²) in [6, 6.07) is 1.85. The van der Waals surface area contributed by atoms with Gasteiger partial charge in [-0.15, -0.1) is 0 Å². The first-order valence-corrected chi connectivity index (χ1v) is 8.45. The van der Waals surface area contributed by atoms with Gasteiger partial charge in [-0.3, -0.25) is 4.68 Å². The molecule has 0 amide bonds. The molecule has 1 aromatic heterocycles. The average Bonchev–Trinajstić information content (AvgIpc) is 2.87. The third-order valence-corrected chi connectivity index (χ3v) is 4.11. The molecule has 0 aromatic carbocycles. The molecule has 1 aromatic rings. The van der Waals surface area contributed by atoms with Gasteiger partial charge in [0.05, 0.1) is 5.75 Å². The molecule has 0 fully saturated rings. The predicted octanol–water partition coefficient (Wildman–Crippen LogP) is 0.582. The lowest BCUT2D eigenvalue weighted by atomic mass is 10.4. The molecule has 19 heavy (non-hydrogen) atoms. The molecule has 0 bridgehead atoms. The van der Waals surface area contributed by atoms with Crippen molar-refractivity contribution in [2.75, 3.05) is 25.4 Å². The van der Waals surface area contributed by atoms with E-state index in [2.05, 4.69) is 22.1 Å². The third kappa shape index (κ3) is 7.97.